The second-order valence-corrected chi connectivity index (χ2v) is 5.28. The van der Waals surface area contributed by atoms with Gasteiger partial charge in [-0.05, 0) is 11.1 Å². The van der Waals surface area contributed by atoms with Crippen LogP contribution in [-0.4, -0.2) is 43.3 Å². The van der Waals surface area contributed by atoms with E-state index in [9.17, 15) is 14.4 Å². The summed E-state index contributed by atoms with van der Waals surface area (Å²) in [6.07, 6.45) is 1.54. The molecule has 0 spiro atoms. The molecule has 0 bridgehead atoms. The van der Waals surface area contributed by atoms with E-state index < -0.39 is 29.8 Å². The number of benzene rings is 1. The van der Waals surface area contributed by atoms with Gasteiger partial charge in [-0.15, -0.1) is 0 Å². The third kappa shape index (κ3) is 2.15. The van der Waals surface area contributed by atoms with E-state index in [4.69, 9.17) is 15.2 Å². The van der Waals surface area contributed by atoms with E-state index in [1.54, 1.807) is 18.3 Å². The van der Waals surface area contributed by atoms with E-state index in [0.717, 1.165) is 18.2 Å². The second-order valence-electron chi connectivity index (χ2n) is 5.28. The van der Waals surface area contributed by atoms with Gasteiger partial charge in [0.1, 0.15) is 11.6 Å². The molecular formula is C16H15N3O5. The molecule has 1 aromatic carbocycles. The molecule has 8 nitrogen and oxygen atoms in total. The normalized spacial score (nSPS) is 21.2. The maximum Gasteiger partial charge on any atom is 0.337 e. The number of hydrazone groups is 1. The summed E-state index contributed by atoms with van der Waals surface area (Å²) in [5.41, 5.74) is 6.65. The largest absolute Gasteiger partial charge is 0.468 e. The van der Waals surface area contributed by atoms with Crippen LogP contribution in [0.5, 0.6) is 0 Å². The van der Waals surface area contributed by atoms with Crippen molar-refractivity contribution in [1.82, 2.24) is 5.01 Å². The molecule has 8 heteroatoms. The molecule has 0 saturated heterocycles. The zero-order valence-corrected chi connectivity index (χ0v) is 13.1. The number of hydrogen-bond donors (Lipinski definition) is 1. The molecular weight excluding hydrogens is 314 g/mol. The molecule has 2 atom stereocenters. The molecule has 3 rings (SSSR count). The molecule has 2 N–H and O–H groups in total. The Labute approximate surface area is 137 Å². The smallest absolute Gasteiger partial charge is 0.337 e. The van der Waals surface area contributed by atoms with Crippen LogP contribution in [-0.2, 0) is 23.9 Å². The Morgan fingerprint density at radius 3 is 2.50 bits per heavy atom. The first kappa shape index (κ1) is 15.7. The third-order valence-electron chi connectivity index (χ3n) is 4.10. The zero-order chi connectivity index (χ0) is 17.4. The average Bonchev–Trinajstić information content (AvgIpc) is 2.96. The van der Waals surface area contributed by atoms with E-state index in [2.05, 4.69) is 5.10 Å². The van der Waals surface area contributed by atoms with E-state index in [0.29, 0.717) is 0 Å². The van der Waals surface area contributed by atoms with Gasteiger partial charge in [0.05, 0.1) is 32.0 Å². The minimum Gasteiger partial charge on any atom is -0.468 e. The fraction of sp³-hybridized carbons (Fsp3) is 0.250. The fourth-order valence-electron chi connectivity index (χ4n) is 3.12. The van der Waals surface area contributed by atoms with Crippen LogP contribution in [0.25, 0.3) is 0 Å². The molecule has 1 aromatic rings. The predicted molar refractivity (Wildman–Crippen MR) is 82.4 cm³/mol. The number of carbonyl (C=O) groups excluding carboxylic acids is 3. The lowest BCUT2D eigenvalue weighted by molar-refractivity contribution is -0.148. The Morgan fingerprint density at radius 1 is 1.17 bits per heavy atom. The van der Waals surface area contributed by atoms with Crippen molar-refractivity contribution in [3.05, 3.63) is 46.7 Å². The Kier molecular flexibility index (Phi) is 3.80. The number of esters is 2. The van der Waals surface area contributed by atoms with Gasteiger partial charge in [0.15, 0.2) is 0 Å². The van der Waals surface area contributed by atoms with Crippen molar-refractivity contribution in [2.75, 3.05) is 14.2 Å². The Balaban J connectivity index is 2.25. The van der Waals surface area contributed by atoms with Crippen molar-refractivity contribution < 1.29 is 23.9 Å². The number of carbonyl (C=O) groups is 3. The lowest BCUT2D eigenvalue weighted by Crippen LogP contribution is -2.33. The van der Waals surface area contributed by atoms with E-state index >= 15 is 0 Å². The lowest BCUT2D eigenvalue weighted by Gasteiger charge is -2.30. The number of nitrogens with zero attached hydrogens (tertiary/aromatic N) is 2. The van der Waals surface area contributed by atoms with Gasteiger partial charge in [0, 0.05) is 0 Å². The monoisotopic (exact) mass is 329 g/mol. The molecule has 2 aliphatic heterocycles. The van der Waals surface area contributed by atoms with Crippen molar-refractivity contribution in [2.45, 2.75) is 6.04 Å². The van der Waals surface area contributed by atoms with Gasteiger partial charge in [0.25, 0.3) is 5.91 Å². The Bertz CT molecular complexity index is 799. The first-order valence-corrected chi connectivity index (χ1v) is 7.13. The van der Waals surface area contributed by atoms with Crippen LogP contribution in [0.4, 0.5) is 0 Å². The van der Waals surface area contributed by atoms with Crippen LogP contribution >= 0.6 is 0 Å². The van der Waals surface area contributed by atoms with Crippen LogP contribution < -0.4 is 5.73 Å². The van der Waals surface area contributed by atoms with Crippen molar-refractivity contribution in [3.8, 4) is 0 Å². The van der Waals surface area contributed by atoms with Crippen molar-refractivity contribution in [2.24, 2.45) is 16.8 Å². The first-order chi connectivity index (χ1) is 11.5. The van der Waals surface area contributed by atoms with Gasteiger partial charge < -0.3 is 15.2 Å². The van der Waals surface area contributed by atoms with Crippen LogP contribution in [0.1, 0.15) is 17.2 Å². The molecule has 124 valence electrons. The standard InChI is InChI=1S/C16H15N3O5/c1-23-15(21)10-11(16(22)24-2)13(14(17)20)19-12(10)9-6-4-3-5-8(9)7-18-19/h3-7,10,12H,1-2H3,(H2,17,20). The van der Waals surface area contributed by atoms with Gasteiger partial charge in [-0.25, -0.2) is 4.79 Å². The maximum atomic E-state index is 12.4. The van der Waals surface area contributed by atoms with Crippen molar-refractivity contribution in [3.63, 3.8) is 0 Å². The third-order valence-corrected chi connectivity index (χ3v) is 4.10. The number of rotatable bonds is 3. The highest BCUT2D eigenvalue weighted by atomic mass is 16.5. The van der Waals surface area contributed by atoms with Crippen molar-refractivity contribution >= 4 is 24.1 Å². The number of ether oxygens (including phenoxy) is 2. The molecule has 2 unspecified atom stereocenters. The van der Waals surface area contributed by atoms with E-state index in [-0.39, 0.29) is 11.3 Å². The quantitative estimate of drug-likeness (QED) is 0.787. The zero-order valence-electron chi connectivity index (χ0n) is 13.1. The van der Waals surface area contributed by atoms with Crippen molar-refractivity contribution in [1.29, 1.82) is 0 Å². The summed E-state index contributed by atoms with van der Waals surface area (Å²) in [5.74, 6) is -3.43. The topological polar surface area (TPSA) is 111 Å². The van der Waals surface area contributed by atoms with E-state index in [1.807, 2.05) is 12.1 Å². The summed E-state index contributed by atoms with van der Waals surface area (Å²) in [7, 11) is 2.37. The van der Waals surface area contributed by atoms with Gasteiger partial charge in [-0.3, -0.25) is 14.6 Å². The van der Waals surface area contributed by atoms with Gasteiger partial charge in [-0.1, -0.05) is 24.3 Å². The minimum atomic E-state index is -1.07. The highest BCUT2D eigenvalue weighted by Gasteiger charge is 2.52. The molecule has 2 aliphatic rings. The summed E-state index contributed by atoms with van der Waals surface area (Å²) in [5, 5.41) is 5.49. The summed E-state index contributed by atoms with van der Waals surface area (Å²) in [6, 6.07) is 6.55. The molecule has 24 heavy (non-hydrogen) atoms. The average molecular weight is 329 g/mol. The Morgan fingerprint density at radius 2 is 1.88 bits per heavy atom. The summed E-state index contributed by atoms with van der Waals surface area (Å²) >= 11 is 0. The first-order valence-electron chi connectivity index (χ1n) is 7.13. The SMILES string of the molecule is COC(=O)C1=C(C(N)=O)N2N=Cc3ccccc3C2C1C(=O)OC. The van der Waals surface area contributed by atoms with Crippen LogP contribution in [0.15, 0.2) is 40.6 Å². The number of primary amides is 1. The van der Waals surface area contributed by atoms with Gasteiger partial charge >= 0.3 is 11.9 Å². The summed E-state index contributed by atoms with van der Waals surface area (Å²) < 4.78 is 9.58. The fourth-order valence-corrected chi connectivity index (χ4v) is 3.12. The molecule has 1 amide bonds. The van der Waals surface area contributed by atoms with Crippen LogP contribution in [0, 0.1) is 5.92 Å². The predicted octanol–water partition coefficient (Wildman–Crippen LogP) is 0.0924. The molecule has 0 aromatic heterocycles. The number of fused-ring (bicyclic) bond motifs is 3. The molecule has 0 aliphatic carbocycles. The number of methoxy groups -OCH3 is 2. The van der Waals surface area contributed by atoms with Gasteiger partial charge in [-0.2, -0.15) is 5.10 Å². The minimum absolute atomic E-state index is 0.143. The van der Waals surface area contributed by atoms with Gasteiger partial charge in [0.2, 0.25) is 0 Å². The number of amides is 1. The molecule has 0 radical (unpaired) electrons. The molecule has 0 saturated carbocycles. The summed E-state index contributed by atoms with van der Waals surface area (Å²) in [6.45, 7) is 0. The summed E-state index contributed by atoms with van der Waals surface area (Å²) in [4.78, 5) is 36.6. The molecule has 2 heterocycles. The highest BCUT2D eigenvalue weighted by Crippen LogP contribution is 2.47. The number of hydrogen-bond acceptors (Lipinski definition) is 7. The maximum absolute atomic E-state index is 12.4. The Hall–Kier alpha value is -3.16. The molecule has 0 fully saturated rings. The number of nitrogens with two attached hydrogens (primary N) is 1. The van der Waals surface area contributed by atoms with Crippen LogP contribution in [0.2, 0.25) is 0 Å². The second kappa shape index (κ2) is 5.80. The van der Waals surface area contributed by atoms with Crippen LogP contribution in [0.3, 0.4) is 0 Å². The highest BCUT2D eigenvalue weighted by molar-refractivity contribution is 6.07. The van der Waals surface area contributed by atoms with E-state index in [1.165, 1.54) is 12.1 Å². The lowest BCUT2D eigenvalue weighted by atomic mass is 9.87.